The number of anilines is 1. The molecular formula is C16H27N3O2. The Bertz CT molecular complexity index is 461. The van der Waals surface area contributed by atoms with Crippen LogP contribution < -0.4 is 5.32 Å². The van der Waals surface area contributed by atoms with Gasteiger partial charge in [-0.15, -0.1) is 0 Å². The lowest BCUT2D eigenvalue weighted by atomic mass is 10.1. The van der Waals surface area contributed by atoms with Crippen molar-refractivity contribution in [3.63, 3.8) is 0 Å². The van der Waals surface area contributed by atoms with E-state index in [1.807, 2.05) is 26.1 Å². The SMILES string of the molecule is CCNc1cc(C(=O)N(C)CCCOC)cc(C(C)C)n1. The van der Waals surface area contributed by atoms with Gasteiger partial charge in [-0.05, 0) is 31.4 Å². The van der Waals surface area contributed by atoms with E-state index in [9.17, 15) is 4.79 Å². The Labute approximate surface area is 127 Å². The lowest BCUT2D eigenvalue weighted by molar-refractivity contribution is 0.0779. The van der Waals surface area contributed by atoms with Gasteiger partial charge in [0.25, 0.3) is 5.91 Å². The number of amides is 1. The molecule has 0 fully saturated rings. The number of hydrogen-bond acceptors (Lipinski definition) is 4. The van der Waals surface area contributed by atoms with Crippen molar-refractivity contribution >= 4 is 11.7 Å². The number of carbonyl (C=O) groups excluding carboxylic acids is 1. The topological polar surface area (TPSA) is 54.5 Å². The molecule has 1 aromatic rings. The number of hydrogen-bond donors (Lipinski definition) is 1. The van der Waals surface area contributed by atoms with Crippen LogP contribution in [0.1, 0.15) is 49.2 Å². The molecule has 21 heavy (non-hydrogen) atoms. The first-order chi connectivity index (χ1) is 9.99. The van der Waals surface area contributed by atoms with E-state index in [4.69, 9.17) is 4.74 Å². The molecule has 0 saturated heterocycles. The third-order valence-corrected chi connectivity index (χ3v) is 3.23. The Morgan fingerprint density at radius 3 is 2.71 bits per heavy atom. The predicted octanol–water partition coefficient (Wildman–Crippen LogP) is 2.75. The summed E-state index contributed by atoms with van der Waals surface area (Å²) in [5, 5.41) is 3.19. The van der Waals surface area contributed by atoms with Crippen LogP contribution in [0.4, 0.5) is 5.82 Å². The molecule has 0 aliphatic carbocycles. The van der Waals surface area contributed by atoms with Crippen molar-refractivity contribution in [3.8, 4) is 0 Å². The zero-order chi connectivity index (χ0) is 15.8. The highest BCUT2D eigenvalue weighted by Gasteiger charge is 2.15. The number of methoxy groups -OCH3 is 1. The van der Waals surface area contributed by atoms with Crippen molar-refractivity contribution in [2.75, 3.05) is 39.2 Å². The van der Waals surface area contributed by atoms with Crippen molar-refractivity contribution in [1.29, 1.82) is 0 Å². The highest BCUT2D eigenvalue weighted by molar-refractivity contribution is 5.94. The van der Waals surface area contributed by atoms with Crippen LogP contribution in [0.15, 0.2) is 12.1 Å². The van der Waals surface area contributed by atoms with Crippen LogP contribution in [-0.2, 0) is 4.74 Å². The summed E-state index contributed by atoms with van der Waals surface area (Å²) in [5.74, 6) is 1.07. The van der Waals surface area contributed by atoms with Gasteiger partial charge in [-0.1, -0.05) is 13.8 Å². The van der Waals surface area contributed by atoms with Crippen LogP contribution in [0, 0.1) is 0 Å². The molecule has 5 heteroatoms. The maximum Gasteiger partial charge on any atom is 0.253 e. The van der Waals surface area contributed by atoms with E-state index in [0.29, 0.717) is 18.7 Å². The van der Waals surface area contributed by atoms with Crippen LogP contribution in [-0.4, -0.2) is 49.6 Å². The molecule has 1 rings (SSSR count). The fourth-order valence-electron chi connectivity index (χ4n) is 2.01. The summed E-state index contributed by atoms with van der Waals surface area (Å²) in [6, 6.07) is 3.71. The van der Waals surface area contributed by atoms with Crippen molar-refractivity contribution in [2.45, 2.75) is 33.1 Å². The monoisotopic (exact) mass is 293 g/mol. The molecule has 1 amide bonds. The van der Waals surface area contributed by atoms with Crippen molar-refractivity contribution in [1.82, 2.24) is 9.88 Å². The van der Waals surface area contributed by atoms with Gasteiger partial charge in [-0.25, -0.2) is 4.98 Å². The van der Waals surface area contributed by atoms with Gasteiger partial charge in [-0.3, -0.25) is 4.79 Å². The molecule has 1 aromatic heterocycles. The van der Waals surface area contributed by atoms with Gasteiger partial charge in [0.2, 0.25) is 0 Å². The molecule has 0 atom stereocenters. The highest BCUT2D eigenvalue weighted by atomic mass is 16.5. The van der Waals surface area contributed by atoms with Crippen LogP contribution in [0.2, 0.25) is 0 Å². The highest BCUT2D eigenvalue weighted by Crippen LogP contribution is 2.18. The Kier molecular flexibility index (Phi) is 7.15. The fraction of sp³-hybridized carbons (Fsp3) is 0.625. The molecule has 0 aliphatic heterocycles. The summed E-state index contributed by atoms with van der Waals surface area (Å²) in [6.07, 6.45) is 0.834. The molecule has 1 N–H and O–H groups in total. The molecule has 1 heterocycles. The van der Waals surface area contributed by atoms with Crippen LogP contribution >= 0.6 is 0 Å². The van der Waals surface area contributed by atoms with E-state index >= 15 is 0 Å². The normalized spacial score (nSPS) is 10.8. The van der Waals surface area contributed by atoms with Crippen molar-refractivity contribution < 1.29 is 9.53 Å². The number of nitrogens with zero attached hydrogens (tertiary/aromatic N) is 2. The fourth-order valence-corrected chi connectivity index (χ4v) is 2.01. The van der Waals surface area contributed by atoms with E-state index < -0.39 is 0 Å². The Balaban J connectivity index is 2.91. The van der Waals surface area contributed by atoms with Gasteiger partial charge < -0.3 is 15.0 Å². The summed E-state index contributed by atoms with van der Waals surface area (Å²) in [6.45, 7) is 8.30. The van der Waals surface area contributed by atoms with Crippen molar-refractivity contribution in [2.24, 2.45) is 0 Å². The summed E-state index contributed by atoms with van der Waals surface area (Å²) >= 11 is 0. The van der Waals surface area contributed by atoms with E-state index in [-0.39, 0.29) is 11.8 Å². The van der Waals surface area contributed by atoms with E-state index in [1.54, 1.807) is 12.0 Å². The number of rotatable bonds is 8. The molecule has 0 spiro atoms. The maximum atomic E-state index is 12.5. The zero-order valence-electron chi connectivity index (χ0n) is 13.8. The first-order valence-electron chi connectivity index (χ1n) is 7.49. The smallest absolute Gasteiger partial charge is 0.253 e. The number of aromatic nitrogens is 1. The second-order valence-corrected chi connectivity index (χ2v) is 5.42. The molecule has 0 aliphatic rings. The summed E-state index contributed by atoms with van der Waals surface area (Å²) in [5.41, 5.74) is 1.62. The molecule has 0 aromatic carbocycles. The molecular weight excluding hydrogens is 266 g/mol. The zero-order valence-corrected chi connectivity index (χ0v) is 13.8. The Hall–Kier alpha value is -1.62. The van der Waals surface area contributed by atoms with Crippen molar-refractivity contribution in [3.05, 3.63) is 23.4 Å². The van der Waals surface area contributed by atoms with Crippen LogP contribution in [0.25, 0.3) is 0 Å². The number of nitrogens with one attached hydrogen (secondary N) is 1. The van der Waals surface area contributed by atoms with Gasteiger partial charge in [0.1, 0.15) is 5.82 Å². The van der Waals surface area contributed by atoms with Gasteiger partial charge in [0.05, 0.1) is 0 Å². The number of pyridine rings is 1. The Morgan fingerprint density at radius 1 is 1.43 bits per heavy atom. The lowest BCUT2D eigenvalue weighted by Crippen LogP contribution is -2.28. The van der Waals surface area contributed by atoms with Crippen LogP contribution in [0.3, 0.4) is 0 Å². The molecule has 0 bridgehead atoms. The minimum absolute atomic E-state index is 0.0227. The minimum atomic E-state index is 0.0227. The second kappa shape index (κ2) is 8.62. The summed E-state index contributed by atoms with van der Waals surface area (Å²) < 4.78 is 5.02. The standard InChI is InChI=1S/C16H27N3O2/c1-6-17-15-11-13(10-14(18-15)12(2)3)16(20)19(4)8-7-9-21-5/h10-12H,6-9H2,1-5H3,(H,17,18). The molecule has 0 unspecified atom stereocenters. The van der Waals surface area contributed by atoms with Gasteiger partial charge >= 0.3 is 0 Å². The third-order valence-electron chi connectivity index (χ3n) is 3.23. The third kappa shape index (κ3) is 5.34. The Morgan fingerprint density at radius 2 is 2.14 bits per heavy atom. The number of carbonyl (C=O) groups is 1. The summed E-state index contributed by atoms with van der Waals surface area (Å²) in [7, 11) is 3.49. The van der Waals surface area contributed by atoms with Gasteiger partial charge in [0, 0.05) is 45.1 Å². The minimum Gasteiger partial charge on any atom is -0.385 e. The average Bonchev–Trinajstić information content (AvgIpc) is 2.46. The van der Waals surface area contributed by atoms with Crippen LogP contribution in [0.5, 0.6) is 0 Å². The predicted molar refractivity (Wildman–Crippen MR) is 85.9 cm³/mol. The van der Waals surface area contributed by atoms with E-state index in [0.717, 1.165) is 24.5 Å². The first-order valence-corrected chi connectivity index (χ1v) is 7.49. The quantitative estimate of drug-likeness (QED) is 0.749. The van der Waals surface area contributed by atoms with E-state index in [1.165, 1.54) is 0 Å². The first kappa shape index (κ1) is 17.4. The average molecular weight is 293 g/mol. The molecule has 5 nitrogen and oxygen atoms in total. The maximum absolute atomic E-state index is 12.5. The summed E-state index contributed by atoms with van der Waals surface area (Å²) in [4.78, 5) is 18.8. The number of ether oxygens (including phenoxy) is 1. The lowest BCUT2D eigenvalue weighted by Gasteiger charge is -2.18. The largest absolute Gasteiger partial charge is 0.385 e. The molecule has 118 valence electrons. The molecule has 0 saturated carbocycles. The second-order valence-electron chi connectivity index (χ2n) is 5.42. The molecule has 0 radical (unpaired) electrons. The van der Waals surface area contributed by atoms with Gasteiger partial charge in [-0.2, -0.15) is 0 Å². The van der Waals surface area contributed by atoms with E-state index in [2.05, 4.69) is 24.1 Å². The van der Waals surface area contributed by atoms with Gasteiger partial charge in [0.15, 0.2) is 0 Å².